The molecule has 6 heteroatoms. The fourth-order valence-corrected chi connectivity index (χ4v) is 2.79. The highest BCUT2D eigenvalue weighted by Crippen LogP contribution is 2.26. The van der Waals surface area contributed by atoms with Gasteiger partial charge in [-0.15, -0.1) is 5.10 Å². The van der Waals surface area contributed by atoms with Gasteiger partial charge in [0.05, 0.1) is 0 Å². The van der Waals surface area contributed by atoms with Gasteiger partial charge in [0, 0.05) is 5.75 Å². The van der Waals surface area contributed by atoms with Crippen LogP contribution in [0.5, 0.6) is 0 Å². The highest BCUT2D eigenvalue weighted by molar-refractivity contribution is 7.98. The van der Waals surface area contributed by atoms with Gasteiger partial charge in [-0.2, -0.15) is 0 Å². The second-order valence-electron chi connectivity index (χ2n) is 4.23. The molecule has 0 aliphatic rings. The molecular formula is C14H11F2N3S. The predicted octanol–water partition coefficient (Wildman–Crippen LogP) is 4.19. The Kier molecular flexibility index (Phi) is 3.64. The van der Waals surface area contributed by atoms with Gasteiger partial charge in [0.1, 0.15) is 0 Å². The number of hydrogen-bond acceptors (Lipinski definition) is 3. The van der Waals surface area contributed by atoms with E-state index >= 15 is 0 Å². The summed E-state index contributed by atoms with van der Waals surface area (Å²) >= 11 is 1.34. The Morgan fingerprint density at radius 3 is 2.70 bits per heavy atom. The first kappa shape index (κ1) is 13.1. The van der Waals surface area contributed by atoms with Crippen molar-refractivity contribution in [1.29, 1.82) is 0 Å². The van der Waals surface area contributed by atoms with Crippen LogP contribution < -0.4 is 0 Å². The molecule has 0 fully saturated rings. The summed E-state index contributed by atoms with van der Waals surface area (Å²) in [7, 11) is 0. The van der Waals surface area contributed by atoms with Gasteiger partial charge in [-0.25, -0.2) is 13.8 Å². The summed E-state index contributed by atoms with van der Waals surface area (Å²) in [6, 6.07) is 14.1. The minimum absolute atomic E-state index is 0.341. The number of H-pyrrole nitrogens is 1. The number of alkyl halides is 2. The molecule has 2 aromatic carbocycles. The summed E-state index contributed by atoms with van der Waals surface area (Å²) in [4.78, 5) is 3.75. The number of aromatic amines is 1. The average molecular weight is 291 g/mol. The molecule has 0 aliphatic heterocycles. The quantitative estimate of drug-likeness (QED) is 0.733. The summed E-state index contributed by atoms with van der Waals surface area (Å²) in [5.74, 6) is 0.257. The van der Waals surface area contributed by atoms with Crippen LogP contribution in [0.1, 0.15) is 17.8 Å². The van der Waals surface area contributed by atoms with Crippen LogP contribution in [0.4, 0.5) is 8.78 Å². The number of benzene rings is 2. The van der Waals surface area contributed by atoms with Crippen molar-refractivity contribution in [3.8, 4) is 0 Å². The Morgan fingerprint density at radius 2 is 1.90 bits per heavy atom. The predicted molar refractivity (Wildman–Crippen MR) is 74.8 cm³/mol. The van der Waals surface area contributed by atoms with Crippen LogP contribution in [-0.2, 0) is 5.75 Å². The van der Waals surface area contributed by atoms with Crippen LogP contribution in [0.15, 0.2) is 47.6 Å². The number of rotatable bonds is 4. The molecule has 1 aromatic heterocycles. The van der Waals surface area contributed by atoms with Crippen molar-refractivity contribution in [2.45, 2.75) is 17.3 Å². The molecule has 0 saturated heterocycles. The second-order valence-corrected chi connectivity index (χ2v) is 5.17. The average Bonchev–Trinajstić information content (AvgIpc) is 2.94. The lowest BCUT2D eigenvalue weighted by Crippen LogP contribution is -1.86. The third kappa shape index (κ3) is 2.65. The van der Waals surface area contributed by atoms with E-state index in [1.54, 1.807) is 0 Å². The third-order valence-electron chi connectivity index (χ3n) is 2.93. The molecule has 0 bridgehead atoms. The Labute approximate surface area is 118 Å². The molecule has 1 heterocycles. The minimum Gasteiger partial charge on any atom is -0.257 e. The van der Waals surface area contributed by atoms with Crippen molar-refractivity contribution >= 4 is 22.5 Å². The lowest BCUT2D eigenvalue weighted by Gasteiger charge is -2.04. The first-order valence-corrected chi connectivity index (χ1v) is 7.02. The van der Waals surface area contributed by atoms with Crippen molar-refractivity contribution in [2.75, 3.05) is 0 Å². The molecule has 102 valence electrons. The Morgan fingerprint density at radius 1 is 1.10 bits per heavy atom. The van der Waals surface area contributed by atoms with Gasteiger partial charge in [0.25, 0.3) is 6.43 Å². The summed E-state index contributed by atoms with van der Waals surface area (Å²) in [5, 5.41) is 8.69. The topological polar surface area (TPSA) is 41.6 Å². The van der Waals surface area contributed by atoms with Crippen LogP contribution in [0.3, 0.4) is 0 Å². The lowest BCUT2D eigenvalue weighted by molar-refractivity contribution is 0.140. The number of fused-ring (bicyclic) bond motifs is 1. The fraction of sp³-hybridized carbons (Fsp3) is 0.143. The Balaban J connectivity index is 1.79. The lowest BCUT2D eigenvalue weighted by atomic mass is 10.1. The van der Waals surface area contributed by atoms with E-state index in [0.717, 1.165) is 16.3 Å². The standard InChI is InChI=1S/C14H11F2N3S/c15-12(16)13-17-14(19-18-13)20-8-10-6-3-5-9-4-1-2-7-11(9)10/h1-7,12H,8H2,(H,17,18,19). The normalized spacial score (nSPS) is 11.3. The van der Waals surface area contributed by atoms with Crippen LogP contribution in [0, 0.1) is 0 Å². The van der Waals surface area contributed by atoms with E-state index in [-0.39, 0.29) is 5.82 Å². The summed E-state index contributed by atoms with van der Waals surface area (Å²) in [5.41, 5.74) is 1.14. The van der Waals surface area contributed by atoms with Crippen LogP contribution in [0.25, 0.3) is 10.8 Å². The van der Waals surface area contributed by atoms with Gasteiger partial charge in [0.2, 0.25) is 5.16 Å². The number of hydrogen-bond donors (Lipinski definition) is 1. The number of nitrogens with one attached hydrogen (secondary N) is 1. The highest BCUT2D eigenvalue weighted by Gasteiger charge is 2.13. The van der Waals surface area contributed by atoms with E-state index in [0.29, 0.717) is 10.9 Å². The summed E-state index contributed by atoms with van der Waals surface area (Å²) in [6.07, 6.45) is -2.62. The van der Waals surface area contributed by atoms with Gasteiger partial charge < -0.3 is 0 Å². The summed E-state index contributed by atoms with van der Waals surface area (Å²) < 4.78 is 24.8. The molecule has 1 N–H and O–H groups in total. The zero-order valence-corrected chi connectivity index (χ0v) is 11.2. The molecule has 3 aromatic rings. The number of aromatic nitrogens is 3. The maximum Gasteiger partial charge on any atom is 0.296 e. The summed E-state index contributed by atoms with van der Waals surface area (Å²) in [6.45, 7) is 0. The van der Waals surface area contributed by atoms with Gasteiger partial charge in [-0.3, -0.25) is 5.10 Å². The van der Waals surface area contributed by atoms with E-state index in [1.807, 2.05) is 42.5 Å². The van der Waals surface area contributed by atoms with Crippen molar-refractivity contribution in [1.82, 2.24) is 15.2 Å². The van der Waals surface area contributed by atoms with Gasteiger partial charge in [-0.1, -0.05) is 54.2 Å². The van der Waals surface area contributed by atoms with Crippen molar-refractivity contribution in [2.24, 2.45) is 0 Å². The maximum absolute atomic E-state index is 12.4. The highest BCUT2D eigenvalue weighted by atomic mass is 32.2. The zero-order valence-electron chi connectivity index (χ0n) is 10.4. The molecule has 0 amide bonds. The molecule has 20 heavy (non-hydrogen) atoms. The van der Waals surface area contributed by atoms with Crippen molar-refractivity contribution < 1.29 is 8.78 Å². The van der Waals surface area contributed by atoms with Gasteiger partial charge in [-0.05, 0) is 16.3 Å². The SMILES string of the molecule is FC(F)c1nc(SCc2cccc3ccccc23)n[nH]1. The molecular weight excluding hydrogens is 280 g/mol. The van der Waals surface area contributed by atoms with E-state index in [1.165, 1.54) is 11.8 Å². The van der Waals surface area contributed by atoms with Gasteiger partial charge in [0.15, 0.2) is 5.82 Å². The first-order valence-electron chi connectivity index (χ1n) is 6.04. The van der Waals surface area contributed by atoms with E-state index in [9.17, 15) is 8.78 Å². The Hall–Kier alpha value is -1.95. The number of halogens is 2. The fourth-order valence-electron chi connectivity index (χ4n) is 1.98. The molecule has 0 unspecified atom stereocenters. The van der Waals surface area contributed by atoms with E-state index in [4.69, 9.17) is 0 Å². The van der Waals surface area contributed by atoms with E-state index < -0.39 is 6.43 Å². The minimum atomic E-state index is -2.62. The molecule has 0 atom stereocenters. The molecule has 0 spiro atoms. The monoisotopic (exact) mass is 291 g/mol. The molecule has 0 aliphatic carbocycles. The molecule has 3 nitrogen and oxygen atoms in total. The molecule has 0 saturated carbocycles. The van der Waals surface area contributed by atoms with Gasteiger partial charge >= 0.3 is 0 Å². The van der Waals surface area contributed by atoms with E-state index in [2.05, 4.69) is 15.2 Å². The third-order valence-corrected chi connectivity index (χ3v) is 3.82. The molecule has 0 radical (unpaired) electrons. The second kappa shape index (κ2) is 5.58. The first-order chi connectivity index (χ1) is 9.74. The maximum atomic E-state index is 12.4. The van der Waals surface area contributed by atoms with Crippen LogP contribution in [-0.4, -0.2) is 15.2 Å². The molecule has 3 rings (SSSR count). The van der Waals surface area contributed by atoms with Crippen LogP contribution in [0.2, 0.25) is 0 Å². The number of thioether (sulfide) groups is 1. The number of nitrogens with zero attached hydrogens (tertiary/aromatic N) is 2. The smallest absolute Gasteiger partial charge is 0.257 e. The van der Waals surface area contributed by atoms with Crippen LogP contribution >= 0.6 is 11.8 Å². The largest absolute Gasteiger partial charge is 0.296 e. The van der Waals surface area contributed by atoms with Crippen molar-refractivity contribution in [3.63, 3.8) is 0 Å². The zero-order chi connectivity index (χ0) is 13.9. The van der Waals surface area contributed by atoms with Crippen molar-refractivity contribution in [3.05, 3.63) is 53.9 Å². The Bertz CT molecular complexity index is 722.